The first-order chi connectivity index (χ1) is 26.6. The summed E-state index contributed by atoms with van der Waals surface area (Å²) in [6.07, 6.45) is 18.4. The van der Waals surface area contributed by atoms with Crippen LogP contribution in [0, 0.1) is 0 Å². The number of rotatable bonds is 15. The molecule has 0 fully saturated rings. The zero-order chi connectivity index (χ0) is 39.0. The summed E-state index contributed by atoms with van der Waals surface area (Å²) in [5.74, 6) is 0.545. The van der Waals surface area contributed by atoms with E-state index in [4.69, 9.17) is 10.5 Å². The summed E-state index contributed by atoms with van der Waals surface area (Å²) in [5, 5.41) is 26.5. The van der Waals surface area contributed by atoms with Gasteiger partial charge in [0, 0.05) is 53.2 Å². The molecule has 0 aliphatic rings. The second-order valence-corrected chi connectivity index (χ2v) is 15.1. The number of hydrogen-bond donors (Lipinski definition) is 4. The van der Waals surface area contributed by atoms with Crippen LogP contribution in [0.3, 0.4) is 0 Å². The third kappa shape index (κ3) is 12.8. The smallest absolute Gasteiger partial charge is 0.407 e. The number of aromatic hydroxyl groups is 2. The lowest BCUT2D eigenvalue weighted by Crippen LogP contribution is -2.32. The number of amides is 1. The van der Waals surface area contributed by atoms with E-state index in [2.05, 4.69) is 51.7 Å². The normalized spacial score (nSPS) is 11.3. The number of ether oxygens (including phenoxy) is 1. The number of pyridine rings is 2. The van der Waals surface area contributed by atoms with Gasteiger partial charge in [0.2, 0.25) is 0 Å². The minimum Gasteiger partial charge on any atom is -0.508 e. The Bertz CT molecular complexity index is 2110. The summed E-state index contributed by atoms with van der Waals surface area (Å²) < 4.78 is 5.24. The lowest BCUT2D eigenvalue weighted by Gasteiger charge is -2.19. The summed E-state index contributed by atoms with van der Waals surface area (Å²) in [4.78, 5) is 20.4. The van der Waals surface area contributed by atoms with Gasteiger partial charge in [-0.15, -0.1) is 0 Å². The molecule has 0 radical (unpaired) electrons. The van der Waals surface area contributed by atoms with Crippen molar-refractivity contribution in [2.45, 2.75) is 90.6 Å². The van der Waals surface area contributed by atoms with Gasteiger partial charge in [-0.1, -0.05) is 86.3 Å². The molecule has 0 saturated carbocycles. The van der Waals surface area contributed by atoms with E-state index in [1.807, 2.05) is 69.8 Å². The van der Waals surface area contributed by atoms with E-state index in [1.54, 1.807) is 24.3 Å². The number of nitrogens with two attached hydrogens (primary N) is 1. The Kier molecular flexibility index (Phi) is 15.0. The number of carbonyl (C=O) groups is 1. The first-order valence-corrected chi connectivity index (χ1v) is 19.6. The molecule has 0 atom stereocenters. The van der Waals surface area contributed by atoms with E-state index in [-0.39, 0.29) is 17.6 Å². The molecular formula is C47H56N4O4. The molecular weight excluding hydrogens is 685 g/mol. The quantitative estimate of drug-likeness (QED) is 0.0771. The standard InChI is InChI=1S/C26H32N2O3.C21H24N2O/c1-26(2,3)31-25(30)28-15-7-5-4-6-8-19-9-10-21-17-27-18-24(23(21)16-19)20-11-13-22(29)14-12-20;22-12-4-2-1-3-5-16-6-7-18-14-23-15-21(20(18)13-16)17-8-10-19(24)11-9-17/h9-14,16-18,29H,4-8,15H2,1-3H3,(H,28,30);6-11,13-15,24H,1-5,12,22H2. The molecule has 8 heteroatoms. The largest absolute Gasteiger partial charge is 0.508 e. The molecule has 1 amide bonds. The van der Waals surface area contributed by atoms with Crippen LogP contribution in [0.4, 0.5) is 4.79 Å². The number of carbonyl (C=O) groups excluding carboxylic acids is 1. The third-order valence-corrected chi connectivity index (χ3v) is 9.49. The summed E-state index contributed by atoms with van der Waals surface area (Å²) in [6.45, 7) is 7.03. The first kappa shape index (κ1) is 40.7. The van der Waals surface area contributed by atoms with Crippen molar-refractivity contribution in [1.29, 1.82) is 0 Å². The van der Waals surface area contributed by atoms with Crippen LogP contribution in [0.25, 0.3) is 43.8 Å². The monoisotopic (exact) mass is 740 g/mol. The topological polar surface area (TPSA) is 131 Å². The number of nitrogens with one attached hydrogen (secondary N) is 1. The van der Waals surface area contributed by atoms with Crippen molar-refractivity contribution in [1.82, 2.24) is 15.3 Å². The average Bonchev–Trinajstić information content (AvgIpc) is 3.17. The molecule has 0 unspecified atom stereocenters. The van der Waals surface area contributed by atoms with Crippen molar-refractivity contribution in [3.05, 3.63) is 121 Å². The van der Waals surface area contributed by atoms with Gasteiger partial charge in [0.1, 0.15) is 17.1 Å². The number of nitrogens with zero attached hydrogens (tertiary/aromatic N) is 2. The number of unbranched alkanes of at least 4 members (excludes halogenated alkanes) is 6. The molecule has 0 saturated heterocycles. The predicted octanol–water partition coefficient (Wildman–Crippen LogP) is 10.9. The molecule has 288 valence electrons. The van der Waals surface area contributed by atoms with Crippen LogP contribution in [-0.4, -0.2) is 45.0 Å². The lowest BCUT2D eigenvalue weighted by atomic mass is 9.97. The highest BCUT2D eigenvalue weighted by Crippen LogP contribution is 2.31. The van der Waals surface area contributed by atoms with Crippen LogP contribution in [0.2, 0.25) is 0 Å². The second kappa shape index (κ2) is 20.3. The minimum atomic E-state index is -0.456. The maximum atomic E-state index is 11.6. The van der Waals surface area contributed by atoms with Gasteiger partial charge in [-0.25, -0.2) is 4.79 Å². The van der Waals surface area contributed by atoms with Gasteiger partial charge in [0.05, 0.1) is 0 Å². The van der Waals surface area contributed by atoms with Crippen molar-refractivity contribution in [3.63, 3.8) is 0 Å². The molecule has 2 heterocycles. The Labute approximate surface area is 325 Å². The SMILES string of the molecule is CC(C)(C)OC(=O)NCCCCCCc1ccc2cncc(-c3ccc(O)cc3)c2c1.NCCCCCCc1ccc2cncc(-c3ccc(O)cc3)c2c1. The van der Waals surface area contributed by atoms with Crippen LogP contribution in [-0.2, 0) is 17.6 Å². The number of aromatic nitrogens is 2. The molecule has 0 spiro atoms. The number of alkyl carbamates (subject to hydrolysis) is 1. The van der Waals surface area contributed by atoms with Gasteiger partial charge in [-0.3, -0.25) is 9.97 Å². The van der Waals surface area contributed by atoms with Crippen molar-refractivity contribution < 1.29 is 19.7 Å². The molecule has 0 bridgehead atoms. The van der Waals surface area contributed by atoms with Gasteiger partial charge in [0.15, 0.2) is 0 Å². The van der Waals surface area contributed by atoms with E-state index in [0.717, 1.165) is 84.5 Å². The van der Waals surface area contributed by atoms with Gasteiger partial charge >= 0.3 is 6.09 Å². The molecule has 4 aromatic carbocycles. The zero-order valence-electron chi connectivity index (χ0n) is 32.6. The number of aryl methyl sites for hydroxylation is 2. The second-order valence-electron chi connectivity index (χ2n) is 15.1. The predicted molar refractivity (Wildman–Crippen MR) is 225 cm³/mol. The van der Waals surface area contributed by atoms with Gasteiger partial charge in [0.25, 0.3) is 0 Å². The summed E-state index contributed by atoms with van der Waals surface area (Å²) in [7, 11) is 0. The summed E-state index contributed by atoms with van der Waals surface area (Å²) in [5.41, 5.74) is 12.1. The Balaban J connectivity index is 0.000000218. The Morgan fingerprint density at radius 2 is 1.07 bits per heavy atom. The third-order valence-electron chi connectivity index (χ3n) is 9.49. The molecule has 5 N–H and O–H groups in total. The molecule has 2 aromatic heterocycles. The Morgan fingerprint density at radius 1 is 0.618 bits per heavy atom. The van der Waals surface area contributed by atoms with E-state index in [1.165, 1.54) is 41.2 Å². The Morgan fingerprint density at radius 3 is 1.53 bits per heavy atom. The van der Waals surface area contributed by atoms with E-state index in [0.29, 0.717) is 6.54 Å². The van der Waals surface area contributed by atoms with Crippen LogP contribution in [0.1, 0.15) is 83.3 Å². The fraction of sp³-hybridized carbons (Fsp3) is 0.340. The fourth-order valence-electron chi connectivity index (χ4n) is 6.61. The van der Waals surface area contributed by atoms with Crippen LogP contribution < -0.4 is 11.1 Å². The highest BCUT2D eigenvalue weighted by molar-refractivity contribution is 5.97. The summed E-state index contributed by atoms with van der Waals surface area (Å²) in [6, 6.07) is 27.8. The molecule has 0 aliphatic heterocycles. The Hall–Kier alpha value is -5.47. The highest BCUT2D eigenvalue weighted by Gasteiger charge is 2.15. The van der Waals surface area contributed by atoms with Crippen LogP contribution in [0.15, 0.2) is 110 Å². The van der Waals surface area contributed by atoms with Crippen molar-refractivity contribution >= 4 is 27.6 Å². The molecule has 6 rings (SSSR count). The lowest BCUT2D eigenvalue weighted by molar-refractivity contribution is 0.0527. The van der Waals surface area contributed by atoms with E-state index in [9.17, 15) is 15.0 Å². The number of fused-ring (bicyclic) bond motifs is 2. The van der Waals surface area contributed by atoms with Crippen LogP contribution in [0.5, 0.6) is 11.5 Å². The van der Waals surface area contributed by atoms with Crippen molar-refractivity contribution in [2.75, 3.05) is 13.1 Å². The highest BCUT2D eigenvalue weighted by atomic mass is 16.6. The zero-order valence-corrected chi connectivity index (χ0v) is 32.6. The van der Waals surface area contributed by atoms with E-state index < -0.39 is 5.60 Å². The number of hydrogen-bond acceptors (Lipinski definition) is 7. The molecule has 55 heavy (non-hydrogen) atoms. The number of phenolic OH excluding ortho intramolecular Hbond substituents is 2. The number of benzene rings is 4. The molecule has 0 aliphatic carbocycles. The fourth-order valence-corrected chi connectivity index (χ4v) is 6.61. The summed E-state index contributed by atoms with van der Waals surface area (Å²) >= 11 is 0. The molecule has 6 aromatic rings. The average molecular weight is 741 g/mol. The maximum Gasteiger partial charge on any atom is 0.407 e. The van der Waals surface area contributed by atoms with Gasteiger partial charge in [-0.05, 0) is 123 Å². The molecule has 8 nitrogen and oxygen atoms in total. The van der Waals surface area contributed by atoms with E-state index >= 15 is 0 Å². The maximum absolute atomic E-state index is 11.6. The van der Waals surface area contributed by atoms with Crippen molar-refractivity contribution in [2.24, 2.45) is 5.73 Å². The van der Waals surface area contributed by atoms with Gasteiger partial charge < -0.3 is 26.0 Å². The first-order valence-electron chi connectivity index (χ1n) is 19.6. The van der Waals surface area contributed by atoms with Crippen LogP contribution >= 0.6 is 0 Å². The van der Waals surface area contributed by atoms with Gasteiger partial charge in [-0.2, -0.15) is 0 Å². The van der Waals surface area contributed by atoms with Crippen molar-refractivity contribution in [3.8, 4) is 33.8 Å². The minimum absolute atomic E-state index is 0.263. The number of phenols is 2.